The molecule has 2 atom stereocenters. The number of carbonyl (C=O) groups excluding carboxylic acids is 1. The number of aliphatic carboxylic acids is 1. The molecule has 118 valence electrons. The number of likely N-dealkylation sites (tertiary alicyclic amines) is 1. The second-order valence-corrected chi connectivity index (χ2v) is 5.55. The summed E-state index contributed by atoms with van der Waals surface area (Å²) in [5.74, 6) is -1.25. The summed E-state index contributed by atoms with van der Waals surface area (Å²) in [6.07, 6.45) is 4.55. The van der Waals surface area contributed by atoms with Crippen LogP contribution in [0.25, 0.3) is 6.08 Å². The Morgan fingerprint density at radius 1 is 1.13 bits per heavy atom. The lowest BCUT2D eigenvalue weighted by Crippen LogP contribution is -2.28. The molecule has 1 aliphatic rings. The van der Waals surface area contributed by atoms with Crippen LogP contribution in [0.4, 0.5) is 0 Å². The molecule has 2 aromatic rings. The number of amides is 1. The van der Waals surface area contributed by atoms with E-state index in [1.165, 1.54) is 12.3 Å². The summed E-state index contributed by atoms with van der Waals surface area (Å²) in [5.41, 5.74) is 0.949. The molecule has 0 saturated carbocycles. The molecular formula is C18H17NO4. The number of hydrogen-bond acceptors (Lipinski definition) is 3. The zero-order valence-corrected chi connectivity index (χ0v) is 12.5. The van der Waals surface area contributed by atoms with Crippen LogP contribution in [0.15, 0.2) is 59.2 Å². The van der Waals surface area contributed by atoms with Crippen molar-refractivity contribution in [2.45, 2.75) is 5.92 Å². The van der Waals surface area contributed by atoms with Gasteiger partial charge in [0.25, 0.3) is 0 Å². The molecular weight excluding hydrogens is 294 g/mol. The summed E-state index contributed by atoms with van der Waals surface area (Å²) >= 11 is 0. The Hall–Kier alpha value is -2.82. The van der Waals surface area contributed by atoms with Gasteiger partial charge in [-0.05, 0) is 23.8 Å². The van der Waals surface area contributed by atoms with Gasteiger partial charge in [-0.1, -0.05) is 30.3 Å². The Balaban J connectivity index is 1.75. The van der Waals surface area contributed by atoms with Crippen LogP contribution in [0.1, 0.15) is 17.2 Å². The second kappa shape index (κ2) is 6.52. The van der Waals surface area contributed by atoms with Gasteiger partial charge in [0.2, 0.25) is 5.91 Å². The number of benzene rings is 1. The van der Waals surface area contributed by atoms with Crippen molar-refractivity contribution >= 4 is 18.0 Å². The number of nitrogens with zero attached hydrogens (tertiary/aromatic N) is 1. The Morgan fingerprint density at radius 2 is 1.91 bits per heavy atom. The molecule has 1 N–H and O–H groups in total. The molecule has 1 aromatic heterocycles. The van der Waals surface area contributed by atoms with Crippen molar-refractivity contribution in [3.63, 3.8) is 0 Å². The number of hydrogen-bond donors (Lipinski definition) is 1. The first-order chi connectivity index (χ1) is 11.1. The van der Waals surface area contributed by atoms with E-state index in [-0.39, 0.29) is 18.4 Å². The van der Waals surface area contributed by atoms with Crippen LogP contribution in [0.3, 0.4) is 0 Å². The molecule has 5 heteroatoms. The molecule has 1 aliphatic heterocycles. The normalized spacial score (nSPS) is 21.0. The van der Waals surface area contributed by atoms with Crippen molar-refractivity contribution in [1.82, 2.24) is 4.90 Å². The summed E-state index contributed by atoms with van der Waals surface area (Å²) in [6, 6.07) is 13.0. The lowest BCUT2D eigenvalue weighted by molar-refractivity contribution is -0.141. The van der Waals surface area contributed by atoms with E-state index in [1.54, 1.807) is 23.1 Å². The molecule has 2 heterocycles. The Bertz CT molecular complexity index is 706. The molecule has 0 bridgehead atoms. The van der Waals surface area contributed by atoms with Gasteiger partial charge in [0.1, 0.15) is 5.76 Å². The fourth-order valence-corrected chi connectivity index (χ4v) is 2.92. The molecule has 0 spiro atoms. The first-order valence-corrected chi connectivity index (χ1v) is 7.43. The zero-order chi connectivity index (χ0) is 16.2. The first-order valence-electron chi connectivity index (χ1n) is 7.43. The highest BCUT2D eigenvalue weighted by molar-refractivity contribution is 5.92. The van der Waals surface area contributed by atoms with Crippen molar-refractivity contribution < 1.29 is 19.1 Å². The van der Waals surface area contributed by atoms with Crippen molar-refractivity contribution in [2.24, 2.45) is 5.92 Å². The molecule has 0 aliphatic carbocycles. The van der Waals surface area contributed by atoms with Crippen molar-refractivity contribution in [3.05, 3.63) is 66.1 Å². The van der Waals surface area contributed by atoms with Crippen LogP contribution in [-0.2, 0) is 9.59 Å². The first kappa shape index (κ1) is 15.1. The molecule has 0 unspecified atom stereocenters. The zero-order valence-electron chi connectivity index (χ0n) is 12.5. The summed E-state index contributed by atoms with van der Waals surface area (Å²) in [6.45, 7) is 0.624. The van der Waals surface area contributed by atoms with Crippen LogP contribution in [0.5, 0.6) is 0 Å². The van der Waals surface area contributed by atoms with E-state index < -0.39 is 11.9 Å². The van der Waals surface area contributed by atoms with Crippen LogP contribution in [0.2, 0.25) is 0 Å². The smallest absolute Gasteiger partial charge is 0.308 e. The Morgan fingerprint density at radius 3 is 2.57 bits per heavy atom. The van der Waals surface area contributed by atoms with Gasteiger partial charge in [-0.15, -0.1) is 0 Å². The molecule has 1 amide bonds. The fourth-order valence-electron chi connectivity index (χ4n) is 2.92. The van der Waals surface area contributed by atoms with E-state index in [0.717, 1.165) is 5.56 Å². The minimum Gasteiger partial charge on any atom is -0.481 e. The van der Waals surface area contributed by atoms with E-state index >= 15 is 0 Å². The molecule has 0 radical (unpaired) electrons. The summed E-state index contributed by atoms with van der Waals surface area (Å²) in [7, 11) is 0. The summed E-state index contributed by atoms with van der Waals surface area (Å²) in [5, 5.41) is 9.45. The molecule has 5 nitrogen and oxygen atoms in total. The van der Waals surface area contributed by atoms with Gasteiger partial charge in [0.15, 0.2) is 0 Å². The Kier molecular flexibility index (Phi) is 4.28. The van der Waals surface area contributed by atoms with Gasteiger partial charge < -0.3 is 14.4 Å². The monoisotopic (exact) mass is 311 g/mol. The maximum absolute atomic E-state index is 12.3. The van der Waals surface area contributed by atoms with Crippen molar-refractivity contribution in [1.29, 1.82) is 0 Å². The predicted octanol–water partition coefficient (Wildman–Crippen LogP) is 2.62. The van der Waals surface area contributed by atoms with Gasteiger partial charge in [-0.3, -0.25) is 9.59 Å². The maximum atomic E-state index is 12.3. The second-order valence-electron chi connectivity index (χ2n) is 5.55. The van der Waals surface area contributed by atoms with E-state index in [1.807, 2.05) is 30.3 Å². The van der Waals surface area contributed by atoms with Crippen molar-refractivity contribution in [2.75, 3.05) is 13.1 Å². The highest BCUT2D eigenvalue weighted by Crippen LogP contribution is 2.33. The molecule has 1 aromatic carbocycles. The average molecular weight is 311 g/mol. The quantitative estimate of drug-likeness (QED) is 0.881. The van der Waals surface area contributed by atoms with E-state index in [0.29, 0.717) is 12.3 Å². The average Bonchev–Trinajstić information content (AvgIpc) is 3.23. The fraction of sp³-hybridized carbons (Fsp3) is 0.222. The predicted molar refractivity (Wildman–Crippen MR) is 84.6 cm³/mol. The van der Waals surface area contributed by atoms with Gasteiger partial charge in [0, 0.05) is 25.1 Å². The molecule has 1 fully saturated rings. The highest BCUT2D eigenvalue weighted by atomic mass is 16.4. The van der Waals surface area contributed by atoms with Crippen LogP contribution in [-0.4, -0.2) is 35.0 Å². The summed E-state index contributed by atoms with van der Waals surface area (Å²) in [4.78, 5) is 25.4. The SMILES string of the molecule is O=C(O)[C@@H]1CN(C(=O)/C=C/c2ccco2)C[C@H]1c1ccccc1. The number of carboxylic acids is 1. The topological polar surface area (TPSA) is 70.8 Å². The lowest BCUT2D eigenvalue weighted by Gasteiger charge is -2.14. The molecule has 1 saturated heterocycles. The van der Waals surface area contributed by atoms with Gasteiger partial charge >= 0.3 is 5.97 Å². The third kappa shape index (κ3) is 3.34. The highest BCUT2D eigenvalue weighted by Gasteiger charge is 2.39. The molecule has 23 heavy (non-hydrogen) atoms. The number of rotatable bonds is 4. The van der Waals surface area contributed by atoms with Crippen LogP contribution < -0.4 is 0 Å². The van der Waals surface area contributed by atoms with Gasteiger partial charge in [0.05, 0.1) is 12.2 Å². The largest absolute Gasteiger partial charge is 0.481 e. The van der Waals surface area contributed by atoms with Gasteiger partial charge in [-0.2, -0.15) is 0 Å². The lowest BCUT2D eigenvalue weighted by atomic mass is 9.89. The third-order valence-corrected chi connectivity index (χ3v) is 4.11. The van der Waals surface area contributed by atoms with Crippen LogP contribution in [0, 0.1) is 5.92 Å². The summed E-state index contributed by atoms with van der Waals surface area (Å²) < 4.78 is 5.14. The molecule has 3 rings (SSSR count). The number of carboxylic acid groups (broad SMARTS) is 1. The van der Waals surface area contributed by atoms with E-state index in [4.69, 9.17) is 4.42 Å². The maximum Gasteiger partial charge on any atom is 0.308 e. The minimum atomic E-state index is -0.871. The minimum absolute atomic E-state index is 0.185. The standard InChI is InChI=1S/C18H17NO4/c20-17(9-8-14-7-4-10-23-14)19-11-15(16(12-19)18(21)22)13-5-2-1-3-6-13/h1-10,15-16H,11-12H2,(H,21,22)/b9-8+/t15-,16+/m0/s1. The Labute approximate surface area is 133 Å². The van der Waals surface area contributed by atoms with Crippen LogP contribution >= 0.6 is 0 Å². The van der Waals surface area contributed by atoms with Crippen molar-refractivity contribution in [3.8, 4) is 0 Å². The van der Waals surface area contributed by atoms with E-state index in [2.05, 4.69) is 0 Å². The number of carbonyl (C=O) groups is 2. The third-order valence-electron chi connectivity index (χ3n) is 4.11. The van der Waals surface area contributed by atoms with E-state index in [9.17, 15) is 14.7 Å². The number of furan rings is 1. The van der Waals surface area contributed by atoms with Gasteiger partial charge in [-0.25, -0.2) is 0 Å².